The standard InChI is InChI=1S/C26H31N3O6/c1-3-33-23-14-19(8-10-22(23)35-16-25(31)29-11-5-4-6-12-29)26(32)27-17(2)18-7-9-21-20(13-18)28-24(30)15-34-21/h7-10,13-14,17H,3-6,11-12,15-16H2,1-2H3,(H,27,32)(H,28,30). The summed E-state index contributed by atoms with van der Waals surface area (Å²) in [5.74, 6) is 0.888. The molecular formula is C26H31N3O6. The summed E-state index contributed by atoms with van der Waals surface area (Å²) in [5, 5.41) is 5.74. The molecular weight excluding hydrogens is 450 g/mol. The molecule has 1 fully saturated rings. The monoisotopic (exact) mass is 481 g/mol. The van der Waals surface area contributed by atoms with Crippen LogP contribution in [-0.4, -0.2) is 55.5 Å². The number of amides is 3. The summed E-state index contributed by atoms with van der Waals surface area (Å²) in [4.78, 5) is 38.8. The van der Waals surface area contributed by atoms with E-state index < -0.39 is 0 Å². The summed E-state index contributed by atoms with van der Waals surface area (Å²) < 4.78 is 16.8. The van der Waals surface area contributed by atoms with Gasteiger partial charge < -0.3 is 29.7 Å². The van der Waals surface area contributed by atoms with Crippen molar-refractivity contribution < 1.29 is 28.6 Å². The van der Waals surface area contributed by atoms with Gasteiger partial charge in [-0.3, -0.25) is 14.4 Å². The van der Waals surface area contributed by atoms with E-state index in [1.807, 2.05) is 24.8 Å². The van der Waals surface area contributed by atoms with Crippen molar-refractivity contribution in [3.05, 3.63) is 47.5 Å². The molecule has 2 aromatic carbocycles. The molecule has 186 valence electrons. The van der Waals surface area contributed by atoms with E-state index in [1.165, 1.54) is 0 Å². The molecule has 2 aromatic rings. The van der Waals surface area contributed by atoms with E-state index in [9.17, 15) is 14.4 Å². The third-order valence-corrected chi connectivity index (χ3v) is 6.05. The van der Waals surface area contributed by atoms with Gasteiger partial charge in [0.05, 0.1) is 18.3 Å². The Morgan fingerprint density at radius 3 is 2.66 bits per heavy atom. The van der Waals surface area contributed by atoms with E-state index >= 15 is 0 Å². The predicted molar refractivity (Wildman–Crippen MR) is 130 cm³/mol. The summed E-state index contributed by atoms with van der Waals surface area (Å²) in [6.07, 6.45) is 3.19. The third-order valence-electron chi connectivity index (χ3n) is 6.05. The van der Waals surface area contributed by atoms with Crippen LogP contribution in [-0.2, 0) is 9.59 Å². The highest BCUT2D eigenvalue weighted by atomic mass is 16.5. The van der Waals surface area contributed by atoms with E-state index in [4.69, 9.17) is 14.2 Å². The molecule has 2 aliphatic rings. The number of fused-ring (bicyclic) bond motifs is 1. The van der Waals surface area contributed by atoms with Gasteiger partial charge in [0, 0.05) is 18.7 Å². The maximum Gasteiger partial charge on any atom is 0.262 e. The summed E-state index contributed by atoms with van der Waals surface area (Å²) in [7, 11) is 0. The van der Waals surface area contributed by atoms with Crippen LogP contribution in [0.2, 0.25) is 0 Å². The average Bonchev–Trinajstić information content (AvgIpc) is 2.87. The predicted octanol–water partition coefficient (Wildman–Crippen LogP) is 3.30. The van der Waals surface area contributed by atoms with Crippen LogP contribution in [0.15, 0.2) is 36.4 Å². The molecule has 1 atom stereocenters. The minimum absolute atomic E-state index is 0.00702. The van der Waals surface area contributed by atoms with Gasteiger partial charge in [0.2, 0.25) is 0 Å². The Morgan fingerprint density at radius 1 is 1.09 bits per heavy atom. The van der Waals surface area contributed by atoms with Crippen LogP contribution in [0.3, 0.4) is 0 Å². The number of anilines is 1. The molecule has 0 aromatic heterocycles. The zero-order chi connectivity index (χ0) is 24.8. The lowest BCUT2D eigenvalue weighted by Crippen LogP contribution is -2.38. The second-order valence-corrected chi connectivity index (χ2v) is 8.61. The van der Waals surface area contributed by atoms with Crippen LogP contribution in [0.5, 0.6) is 17.2 Å². The first kappa shape index (κ1) is 24.4. The fraction of sp³-hybridized carbons (Fsp3) is 0.423. The minimum Gasteiger partial charge on any atom is -0.490 e. The highest BCUT2D eigenvalue weighted by Crippen LogP contribution is 2.31. The number of benzene rings is 2. The van der Waals surface area contributed by atoms with Crippen molar-refractivity contribution in [1.29, 1.82) is 0 Å². The Kier molecular flexibility index (Phi) is 7.74. The third kappa shape index (κ3) is 6.03. The lowest BCUT2D eigenvalue weighted by molar-refractivity contribution is -0.134. The Balaban J connectivity index is 1.41. The first-order chi connectivity index (χ1) is 16.9. The average molecular weight is 482 g/mol. The molecule has 35 heavy (non-hydrogen) atoms. The SMILES string of the molecule is CCOc1cc(C(=O)NC(C)c2ccc3c(c2)NC(=O)CO3)ccc1OCC(=O)N1CCCCC1. The second-order valence-electron chi connectivity index (χ2n) is 8.61. The molecule has 1 saturated heterocycles. The Labute approximate surface area is 204 Å². The Bertz CT molecular complexity index is 1100. The first-order valence-corrected chi connectivity index (χ1v) is 12.0. The van der Waals surface area contributed by atoms with Crippen LogP contribution < -0.4 is 24.8 Å². The minimum atomic E-state index is -0.319. The summed E-state index contributed by atoms with van der Waals surface area (Å²) >= 11 is 0. The number of piperidine rings is 1. The van der Waals surface area contributed by atoms with E-state index in [2.05, 4.69) is 10.6 Å². The fourth-order valence-electron chi connectivity index (χ4n) is 4.14. The molecule has 4 rings (SSSR count). The lowest BCUT2D eigenvalue weighted by Gasteiger charge is -2.26. The van der Waals surface area contributed by atoms with Gasteiger partial charge in [-0.2, -0.15) is 0 Å². The molecule has 1 unspecified atom stereocenters. The number of likely N-dealkylation sites (tertiary alicyclic amines) is 1. The summed E-state index contributed by atoms with van der Waals surface area (Å²) in [6.45, 7) is 5.55. The van der Waals surface area contributed by atoms with Gasteiger partial charge >= 0.3 is 0 Å². The van der Waals surface area contributed by atoms with Crippen LogP contribution in [0.25, 0.3) is 0 Å². The Hall–Kier alpha value is -3.75. The van der Waals surface area contributed by atoms with E-state index in [-0.39, 0.29) is 37.0 Å². The molecule has 9 heteroatoms. The van der Waals surface area contributed by atoms with Crippen LogP contribution in [0.1, 0.15) is 55.1 Å². The molecule has 9 nitrogen and oxygen atoms in total. The molecule has 0 saturated carbocycles. The molecule has 0 spiro atoms. The van der Waals surface area contributed by atoms with Crippen molar-refractivity contribution in [2.24, 2.45) is 0 Å². The number of ether oxygens (including phenoxy) is 3. The van der Waals surface area contributed by atoms with Crippen molar-refractivity contribution in [1.82, 2.24) is 10.2 Å². The van der Waals surface area contributed by atoms with Gasteiger partial charge in [-0.1, -0.05) is 6.07 Å². The van der Waals surface area contributed by atoms with Crippen molar-refractivity contribution in [2.75, 3.05) is 38.2 Å². The van der Waals surface area contributed by atoms with Crippen molar-refractivity contribution in [3.8, 4) is 17.2 Å². The van der Waals surface area contributed by atoms with Gasteiger partial charge in [-0.15, -0.1) is 0 Å². The molecule has 2 heterocycles. The number of hydrogen-bond donors (Lipinski definition) is 2. The number of hydrogen-bond acceptors (Lipinski definition) is 6. The molecule has 0 radical (unpaired) electrons. The van der Waals surface area contributed by atoms with Crippen LogP contribution in [0.4, 0.5) is 5.69 Å². The van der Waals surface area contributed by atoms with E-state index in [1.54, 1.807) is 30.3 Å². The normalized spacial score (nSPS) is 15.8. The van der Waals surface area contributed by atoms with Crippen molar-refractivity contribution in [2.45, 2.75) is 39.2 Å². The van der Waals surface area contributed by atoms with E-state index in [0.717, 1.165) is 37.9 Å². The smallest absolute Gasteiger partial charge is 0.262 e. The number of nitrogens with one attached hydrogen (secondary N) is 2. The van der Waals surface area contributed by atoms with Crippen molar-refractivity contribution in [3.63, 3.8) is 0 Å². The molecule has 2 N–H and O–H groups in total. The maximum absolute atomic E-state index is 12.9. The van der Waals surface area contributed by atoms with Gasteiger partial charge in [-0.25, -0.2) is 0 Å². The van der Waals surface area contributed by atoms with Crippen LogP contribution in [0, 0.1) is 0 Å². The number of carbonyl (C=O) groups is 3. The number of rotatable bonds is 8. The topological polar surface area (TPSA) is 106 Å². The largest absolute Gasteiger partial charge is 0.490 e. The van der Waals surface area contributed by atoms with Crippen molar-refractivity contribution >= 4 is 23.4 Å². The Morgan fingerprint density at radius 2 is 1.89 bits per heavy atom. The number of nitrogens with zero attached hydrogens (tertiary/aromatic N) is 1. The van der Waals surface area contributed by atoms with E-state index in [0.29, 0.717) is 35.1 Å². The van der Waals surface area contributed by atoms with Gasteiger partial charge in [0.1, 0.15) is 5.75 Å². The molecule has 0 aliphatic carbocycles. The molecule has 2 aliphatic heterocycles. The van der Waals surface area contributed by atoms with Gasteiger partial charge in [-0.05, 0) is 69.0 Å². The molecule has 3 amide bonds. The maximum atomic E-state index is 12.9. The highest BCUT2D eigenvalue weighted by molar-refractivity contribution is 5.96. The zero-order valence-electron chi connectivity index (χ0n) is 20.1. The summed E-state index contributed by atoms with van der Waals surface area (Å²) in [6, 6.07) is 10.0. The highest BCUT2D eigenvalue weighted by Gasteiger charge is 2.21. The lowest BCUT2D eigenvalue weighted by atomic mass is 10.1. The second kappa shape index (κ2) is 11.1. The molecule has 0 bridgehead atoms. The van der Waals surface area contributed by atoms with Gasteiger partial charge in [0.25, 0.3) is 17.7 Å². The van der Waals surface area contributed by atoms with Gasteiger partial charge in [0.15, 0.2) is 24.7 Å². The summed E-state index contributed by atoms with van der Waals surface area (Å²) in [5.41, 5.74) is 1.81. The zero-order valence-corrected chi connectivity index (χ0v) is 20.1. The fourth-order valence-corrected chi connectivity index (χ4v) is 4.14. The number of carbonyl (C=O) groups excluding carboxylic acids is 3. The quantitative estimate of drug-likeness (QED) is 0.599. The first-order valence-electron chi connectivity index (χ1n) is 12.0. The van der Waals surface area contributed by atoms with Crippen LogP contribution >= 0.6 is 0 Å².